The molecule has 0 saturated heterocycles. The molecule has 2 amide bonds. The number of halogens is 1. The third-order valence-corrected chi connectivity index (χ3v) is 5.73. The normalized spacial score (nSPS) is 11.1. The number of carbonyl (C=O) groups excluding carboxylic acids is 2. The highest BCUT2D eigenvalue weighted by molar-refractivity contribution is 6.04. The molecular formula is C28H33FN4O2. The van der Waals surface area contributed by atoms with Crippen molar-refractivity contribution >= 4 is 23.2 Å². The first kappa shape index (κ1) is 25.9. The number of nitrogens with zero attached hydrogens (tertiary/aromatic N) is 2. The van der Waals surface area contributed by atoms with Crippen molar-refractivity contribution in [3.8, 4) is 0 Å². The minimum Gasteiger partial charge on any atom is -0.378 e. The Morgan fingerprint density at radius 3 is 2.26 bits per heavy atom. The number of nitrogens with two attached hydrogens (primary N) is 1. The number of nitrogens with one attached hydrogen (secondary N) is 1. The highest BCUT2D eigenvalue weighted by Crippen LogP contribution is 2.22. The second-order valence-electron chi connectivity index (χ2n) is 9.64. The maximum absolute atomic E-state index is 13.8. The molecule has 7 heteroatoms. The van der Waals surface area contributed by atoms with Gasteiger partial charge < -0.3 is 20.9 Å². The molecule has 184 valence electrons. The monoisotopic (exact) mass is 476 g/mol. The van der Waals surface area contributed by atoms with Crippen LogP contribution in [0.5, 0.6) is 0 Å². The largest absolute Gasteiger partial charge is 0.378 e. The van der Waals surface area contributed by atoms with E-state index >= 15 is 0 Å². The second-order valence-corrected chi connectivity index (χ2v) is 9.64. The molecule has 0 aliphatic rings. The van der Waals surface area contributed by atoms with Crippen molar-refractivity contribution in [2.45, 2.75) is 20.4 Å². The van der Waals surface area contributed by atoms with Crippen LogP contribution in [0.25, 0.3) is 0 Å². The van der Waals surface area contributed by atoms with Crippen LogP contribution in [0.15, 0.2) is 72.8 Å². The molecule has 3 aromatic rings. The summed E-state index contributed by atoms with van der Waals surface area (Å²) in [5.41, 5.74) is 8.90. The Labute approximate surface area is 206 Å². The summed E-state index contributed by atoms with van der Waals surface area (Å²) >= 11 is 0. The molecule has 0 bridgehead atoms. The molecule has 0 aromatic heterocycles. The predicted molar refractivity (Wildman–Crippen MR) is 139 cm³/mol. The van der Waals surface area contributed by atoms with Gasteiger partial charge in [0.15, 0.2) is 0 Å². The molecule has 6 nitrogen and oxygen atoms in total. The van der Waals surface area contributed by atoms with Gasteiger partial charge in [-0.25, -0.2) is 4.39 Å². The third kappa shape index (κ3) is 7.13. The SMILES string of the molecule is CN(C)c1ccc(C(=O)Nc2cccc(CN(CC(C)(C)CN)C(=O)c3cccc(F)c3)c2)cc1. The summed E-state index contributed by atoms with van der Waals surface area (Å²) in [6.07, 6.45) is 0. The van der Waals surface area contributed by atoms with Crippen LogP contribution >= 0.6 is 0 Å². The van der Waals surface area contributed by atoms with E-state index in [0.717, 1.165) is 11.3 Å². The minimum atomic E-state index is -0.461. The van der Waals surface area contributed by atoms with Gasteiger partial charge in [0.25, 0.3) is 11.8 Å². The molecule has 3 aromatic carbocycles. The highest BCUT2D eigenvalue weighted by Gasteiger charge is 2.25. The predicted octanol–water partition coefficient (Wildman–Crippen LogP) is 4.77. The summed E-state index contributed by atoms with van der Waals surface area (Å²) in [4.78, 5) is 29.6. The van der Waals surface area contributed by atoms with Crippen molar-refractivity contribution in [1.82, 2.24) is 4.90 Å². The fraction of sp³-hybridized carbons (Fsp3) is 0.286. The van der Waals surface area contributed by atoms with E-state index in [-0.39, 0.29) is 22.8 Å². The van der Waals surface area contributed by atoms with E-state index < -0.39 is 5.82 Å². The Hall–Kier alpha value is -3.71. The lowest BCUT2D eigenvalue weighted by Crippen LogP contribution is -2.41. The van der Waals surface area contributed by atoms with Crippen molar-refractivity contribution in [2.24, 2.45) is 11.1 Å². The van der Waals surface area contributed by atoms with Gasteiger partial charge in [-0.05, 0) is 72.1 Å². The quantitative estimate of drug-likeness (QED) is 0.466. The summed E-state index contributed by atoms with van der Waals surface area (Å²) < 4.78 is 13.8. The van der Waals surface area contributed by atoms with Gasteiger partial charge in [0, 0.05) is 49.7 Å². The van der Waals surface area contributed by atoms with Gasteiger partial charge >= 0.3 is 0 Å². The number of carbonyl (C=O) groups is 2. The Balaban J connectivity index is 1.79. The summed E-state index contributed by atoms with van der Waals surface area (Å²) in [7, 11) is 3.88. The van der Waals surface area contributed by atoms with Crippen molar-refractivity contribution in [3.63, 3.8) is 0 Å². The summed E-state index contributed by atoms with van der Waals surface area (Å²) in [5, 5.41) is 2.92. The average Bonchev–Trinajstić information content (AvgIpc) is 2.83. The van der Waals surface area contributed by atoms with Crippen molar-refractivity contribution < 1.29 is 14.0 Å². The zero-order valence-corrected chi connectivity index (χ0v) is 20.7. The van der Waals surface area contributed by atoms with Crippen LogP contribution in [-0.4, -0.2) is 43.9 Å². The van der Waals surface area contributed by atoms with Gasteiger partial charge in [0.2, 0.25) is 0 Å². The number of hydrogen-bond donors (Lipinski definition) is 2. The van der Waals surface area contributed by atoms with Crippen molar-refractivity contribution in [2.75, 3.05) is 37.4 Å². The van der Waals surface area contributed by atoms with Gasteiger partial charge in [0.1, 0.15) is 5.82 Å². The van der Waals surface area contributed by atoms with E-state index in [2.05, 4.69) is 5.32 Å². The van der Waals surface area contributed by atoms with E-state index in [9.17, 15) is 14.0 Å². The molecule has 0 heterocycles. The maximum Gasteiger partial charge on any atom is 0.255 e. The summed E-state index contributed by atoms with van der Waals surface area (Å²) in [6, 6.07) is 20.4. The number of benzene rings is 3. The highest BCUT2D eigenvalue weighted by atomic mass is 19.1. The first-order valence-corrected chi connectivity index (χ1v) is 11.5. The number of hydrogen-bond acceptors (Lipinski definition) is 4. The zero-order valence-electron chi connectivity index (χ0n) is 20.7. The van der Waals surface area contributed by atoms with Gasteiger partial charge in [-0.15, -0.1) is 0 Å². The molecule has 0 unspecified atom stereocenters. The van der Waals surface area contributed by atoms with E-state index in [1.165, 1.54) is 18.2 Å². The first-order valence-electron chi connectivity index (χ1n) is 11.5. The summed E-state index contributed by atoms with van der Waals surface area (Å²) in [6.45, 7) is 5.05. The Bertz CT molecular complexity index is 1180. The van der Waals surface area contributed by atoms with Gasteiger partial charge in [0.05, 0.1) is 0 Å². The first-order chi connectivity index (χ1) is 16.6. The average molecular weight is 477 g/mol. The van der Waals surface area contributed by atoms with Gasteiger partial charge in [-0.3, -0.25) is 9.59 Å². The van der Waals surface area contributed by atoms with Crippen molar-refractivity contribution in [1.29, 1.82) is 0 Å². The van der Waals surface area contributed by atoms with Crippen LogP contribution in [0.3, 0.4) is 0 Å². The zero-order chi connectivity index (χ0) is 25.6. The smallest absolute Gasteiger partial charge is 0.255 e. The van der Waals surface area contributed by atoms with Crippen LogP contribution in [0.1, 0.15) is 40.1 Å². The molecule has 3 N–H and O–H groups in total. The minimum absolute atomic E-state index is 0.218. The second kappa shape index (κ2) is 11.1. The Morgan fingerprint density at radius 2 is 1.63 bits per heavy atom. The van der Waals surface area contributed by atoms with Crippen LogP contribution in [0.4, 0.5) is 15.8 Å². The van der Waals surface area contributed by atoms with E-state index in [1.54, 1.807) is 29.2 Å². The Kier molecular flexibility index (Phi) is 8.25. The maximum atomic E-state index is 13.8. The van der Waals surface area contributed by atoms with E-state index in [4.69, 9.17) is 5.73 Å². The topological polar surface area (TPSA) is 78.7 Å². The molecule has 0 saturated carbocycles. The van der Waals surface area contributed by atoms with Crippen molar-refractivity contribution in [3.05, 3.63) is 95.3 Å². The lowest BCUT2D eigenvalue weighted by molar-refractivity contribution is 0.0672. The molecule has 0 radical (unpaired) electrons. The fourth-order valence-electron chi connectivity index (χ4n) is 3.67. The van der Waals surface area contributed by atoms with Gasteiger partial charge in [-0.2, -0.15) is 0 Å². The lowest BCUT2D eigenvalue weighted by atomic mass is 9.92. The molecule has 0 aliphatic heterocycles. The molecule has 0 spiro atoms. The molecule has 0 fully saturated rings. The number of amides is 2. The Morgan fingerprint density at radius 1 is 0.943 bits per heavy atom. The standard InChI is InChI=1S/C28H33FN4O2/c1-28(2,18-30)19-33(27(35)22-8-6-9-23(29)16-22)17-20-7-5-10-24(15-20)31-26(34)21-11-13-25(14-12-21)32(3)4/h5-16H,17-19,30H2,1-4H3,(H,31,34). The van der Waals surface area contributed by atoms with Crippen LogP contribution in [-0.2, 0) is 6.54 Å². The van der Waals surface area contributed by atoms with E-state index in [0.29, 0.717) is 30.9 Å². The summed E-state index contributed by atoms with van der Waals surface area (Å²) in [5.74, 6) is -0.955. The van der Waals surface area contributed by atoms with E-state index in [1.807, 2.05) is 63.2 Å². The van der Waals surface area contributed by atoms with Crippen LogP contribution < -0.4 is 16.0 Å². The van der Waals surface area contributed by atoms with Crippen LogP contribution in [0.2, 0.25) is 0 Å². The van der Waals surface area contributed by atoms with Gasteiger partial charge in [-0.1, -0.05) is 32.0 Å². The third-order valence-electron chi connectivity index (χ3n) is 5.73. The molecule has 0 atom stereocenters. The van der Waals surface area contributed by atoms with Crippen LogP contribution in [0, 0.1) is 11.2 Å². The fourth-order valence-corrected chi connectivity index (χ4v) is 3.67. The molecule has 35 heavy (non-hydrogen) atoms. The lowest BCUT2D eigenvalue weighted by Gasteiger charge is -2.32. The number of rotatable bonds is 9. The number of anilines is 2. The molecule has 3 rings (SSSR count). The molecule has 0 aliphatic carbocycles. The molecular weight excluding hydrogens is 443 g/mol.